The van der Waals surface area contributed by atoms with E-state index in [2.05, 4.69) is 5.32 Å². The lowest BCUT2D eigenvalue weighted by Gasteiger charge is -2.26. The summed E-state index contributed by atoms with van der Waals surface area (Å²) in [5.74, 6) is -0.397. The minimum Gasteiger partial charge on any atom is -0.354 e. The van der Waals surface area contributed by atoms with Crippen LogP contribution in [0, 0.1) is 0 Å². The summed E-state index contributed by atoms with van der Waals surface area (Å²) in [5.41, 5.74) is 6.62. The van der Waals surface area contributed by atoms with Crippen LogP contribution in [0.25, 0.3) is 0 Å². The highest BCUT2D eigenvalue weighted by Gasteiger charge is 2.23. The van der Waals surface area contributed by atoms with E-state index in [-0.39, 0.29) is 23.5 Å². The molecule has 5 nitrogen and oxygen atoms in total. The first-order valence-corrected chi connectivity index (χ1v) is 8.94. The van der Waals surface area contributed by atoms with Crippen molar-refractivity contribution in [3.63, 3.8) is 0 Å². The molecule has 0 spiro atoms. The third kappa shape index (κ3) is 6.27. The van der Waals surface area contributed by atoms with Crippen LogP contribution in [0.5, 0.6) is 0 Å². The topological polar surface area (TPSA) is 89.3 Å². The molecule has 1 rings (SSSR count). The van der Waals surface area contributed by atoms with Gasteiger partial charge in [0.2, 0.25) is 5.91 Å². The van der Waals surface area contributed by atoms with Crippen LogP contribution in [-0.4, -0.2) is 38.9 Å². The Balaban J connectivity index is 2.52. The van der Waals surface area contributed by atoms with Crippen LogP contribution in [0.3, 0.4) is 0 Å². The van der Waals surface area contributed by atoms with Crippen LogP contribution in [-0.2, 0) is 20.0 Å². The summed E-state index contributed by atoms with van der Waals surface area (Å²) in [6, 6.07) is 9.07. The lowest BCUT2D eigenvalue weighted by Crippen LogP contribution is -2.45. The molecule has 3 N–H and O–H groups in total. The molecule has 0 saturated carbocycles. The van der Waals surface area contributed by atoms with E-state index in [1.807, 2.05) is 44.2 Å². The van der Waals surface area contributed by atoms with Crippen molar-refractivity contribution in [3.05, 3.63) is 35.9 Å². The van der Waals surface area contributed by atoms with Gasteiger partial charge in [-0.15, -0.1) is 0 Å². The number of rotatable bonds is 7. The number of nitrogens with two attached hydrogens (primary N) is 1. The SMILES string of the molecule is CC(C)(CNC(=O)C(N)CCS(C)(=O)=O)c1ccccc1. The average Bonchev–Trinajstić information content (AvgIpc) is 2.42. The number of carbonyl (C=O) groups excluding carboxylic acids is 1. The van der Waals surface area contributed by atoms with Crippen LogP contribution >= 0.6 is 0 Å². The fourth-order valence-electron chi connectivity index (χ4n) is 1.90. The van der Waals surface area contributed by atoms with Crippen molar-refractivity contribution < 1.29 is 13.2 Å². The Labute approximate surface area is 126 Å². The van der Waals surface area contributed by atoms with E-state index in [0.717, 1.165) is 11.8 Å². The third-order valence-corrected chi connectivity index (χ3v) is 4.37. The first-order valence-electron chi connectivity index (χ1n) is 6.88. The van der Waals surface area contributed by atoms with E-state index in [0.29, 0.717) is 6.54 Å². The Morgan fingerprint density at radius 2 is 1.86 bits per heavy atom. The van der Waals surface area contributed by atoms with Gasteiger partial charge in [-0.3, -0.25) is 4.79 Å². The largest absolute Gasteiger partial charge is 0.354 e. The molecular formula is C15H24N2O3S. The van der Waals surface area contributed by atoms with E-state index in [1.165, 1.54) is 0 Å². The van der Waals surface area contributed by atoms with Gasteiger partial charge in [-0.2, -0.15) is 0 Å². The molecule has 0 radical (unpaired) electrons. The van der Waals surface area contributed by atoms with Gasteiger partial charge in [0, 0.05) is 18.2 Å². The summed E-state index contributed by atoms with van der Waals surface area (Å²) in [6.45, 7) is 4.51. The number of hydrogen-bond donors (Lipinski definition) is 2. The summed E-state index contributed by atoms with van der Waals surface area (Å²) in [6.07, 6.45) is 1.27. The summed E-state index contributed by atoms with van der Waals surface area (Å²) in [5, 5.41) is 2.80. The molecule has 118 valence electrons. The van der Waals surface area contributed by atoms with Crippen molar-refractivity contribution in [2.75, 3.05) is 18.6 Å². The first-order chi connectivity index (χ1) is 9.62. The standard InChI is InChI=1S/C15H24N2O3S/c1-15(2,12-7-5-4-6-8-12)11-17-14(18)13(16)9-10-21(3,19)20/h4-8,13H,9-11,16H2,1-3H3,(H,17,18). The highest BCUT2D eigenvalue weighted by molar-refractivity contribution is 7.90. The van der Waals surface area contributed by atoms with Gasteiger partial charge in [-0.05, 0) is 12.0 Å². The van der Waals surface area contributed by atoms with Crippen molar-refractivity contribution in [1.82, 2.24) is 5.32 Å². The number of benzene rings is 1. The highest BCUT2D eigenvalue weighted by Crippen LogP contribution is 2.21. The molecule has 1 atom stereocenters. The maximum atomic E-state index is 11.9. The molecule has 1 aromatic carbocycles. The predicted octanol–water partition coefficient (Wildman–Crippen LogP) is 0.842. The Kier molecular flexibility index (Phi) is 5.92. The van der Waals surface area contributed by atoms with Crippen LogP contribution in [0.4, 0.5) is 0 Å². The fraction of sp³-hybridized carbons (Fsp3) is 0.533. The molecule has 1 unspecified atom stereocenters. The third-order valence-electron chi connectivity index (χ3n) is 3.40. The second-order valence-corrected chi connectivity index (χ2v) is 8.25. The Hall–Kier alpha value is -1.40. The molecule has 0 aliphatic carbocycles. The quantitative estimate of drug-likeness (QED) is 0.781. The first kappa shape index (κ1) is 17.7. The predicted molar refractivity (Wildman–Crippen MR) is 84.8 cm³/mol. The molecule has 1 aromatic rings. The molecule has 0 fully saturated rings. The second-order valence-electron chi connectivity index (χ2n) is 5.99. The Morgan fingerprint density at radius 1 is 1.29 bits per heavy atom. The van der Waals surface area contributed by atoms with Crippen LogP contribution < -0.4 is 11.1 Å². The number of sulfone groups is 1. The van der Waals surface area contributed by atoms with Crippen molar-refractivity contribution in [1.29, 1.82) is 0 Å². The van der Waals surface area contributed by atoms with Gasteiger partial charge < -0.3 is 11.1 Å². The van der Waals surface area contributed by atoms with E-state index in [9.17, 15) is 13.2 Å². The van der Waals surface area contributed by atoms with Crippen molar-refractivity contribution in [2.24, 2.45) is 5.73 Å². The smallest absolute Gasteiger partial charge is 0.236 e. The average molecular weight is 312 g/mol. The zero-order valence-electron chi connectivity index (χ0n) is 12.8. The normalized spacial score (nSPS) is 13.7. The molecular weight excluding hydrogens is 288 g/mol. The fourth-order valence-corrected chi connectivity index (χ4v) is 2.58. The van der Waals surface area contributed by atoms with Crippen molar-refractivity contribution in [2.45, 2.75) is 31.7 Å². The summed E-state index contributed by atoms with van der Waals surface area (Å²) >= 11 is 0. The number of hydrogen-bond acceptors (Lipinski definition) is 4. The maximum absolute atomic E-state index is 11.9. The van der Waals surface area contributed by atoms with Crippen LogP contribution in [0.2, 0.25) is 0 Å². The van der Waals surface area contributed by atoms with Crippen LogP contribution in [0.15, 0.2) is 30.3 Å². The van der Waals surface area contributed by atoms with Gasteiger partial charge in [0.25, 0.3) is 0 Å². The van der Waals surface area contributed by atoms with E-state index in [4.69, 9.17) is 5.73 Å². The highest BCUT2D eigenvalue weighted by atomic mass is 32.2. The lowest BCUT2D eigenvalue weighted by molar-refractivity contribution is -0.122. The van der Waals surface area contributed by atoms with E-state index < -0.39 is 15.9 Å². The summed E-state index contributed by atoms with van der Waals surface area (Å²) in [7, 11) is -3.10. The molecule has 0 aliphatic rings. The molecule has 0 heterocycles. The van der Waals surface area contributed by atoms with Gasteiger partial charge in [0.15, 0.2) is 0 Å². The lowest BCUT2D eigenvalue weighted by atomic mass is 9.84. The molecule has 0 aliphatic heterocycles. The molecule has 0 aromatic heterocycles. The van der Waals surface area contributed by atoms with Crippen molar-refractivity contribution in [3.8, 4) is 0 Å². The monoisotopic (exact) mass is 312 g/mol. The summed E-state index contributed by atoms with van der Waals surface area (Å²) in [4.78, 5) is 11.9. The minimum atomic E-state index is -3.10. The van der Waals surface area contributed by atoms with Gasteiger partial charge in [-0.25, -0.2) is 8.42 Å². The minimum absolute atomic E-state index is 0.0797. The zero-order valence-corrected chi connectivity index (χ0v) is 13.6. The van der Waals surface area contributed by atoms with Crippen molar-refractivity contribution >= 4 is 15.7 Å². The van der Waals surface area contributed by atoms with Gasteiger partial charge in [-0.1, -0.05) is 44.2 Å². The van der Waals surface area contributed by atoms with Gasteiger partial charge in [0.1, 0.15) is 9.84 Å². The molecule has 0 saturated heterocycles. The van der Waals surface area contributed by atoms with Gasteiger partial charge in [0.05, 0.1) is 11.8 Å². The molecule has 6 heteroatoms. The van der Waals surface area contributed by atoms with E-state index in [1.54, 1.807) is 0 Å². The van der Waals surface area contributed by atoms with E-state index >= 15 is 0 Å². The number of amides is 1. The zero-order chi connectivity index (χ0) is 16.1. The molecule has 21 heavy (non-hydrogen) atoms. The maximum Gasteiger partial charge on any atom is 0.236 e. The number of carbonyl (C=O) groups is 1. The van der Waals surface area contributed by atoms with Crippen LogP contribution in [0.1, 0.15) is 25.8 Å². The molecule has 1 amide bonds. The van der Waals surface area contributed by atoms with Gasteiger partial charge >= 0.3 is 0 Å². The Bertz CT molecular complexity index is 568. The number of nitrogens with one attached hydrogen (secondary N) is 1. The second kappa shape index (κ2) is 7.04. The molecule has 0 bridgehead atoms. The Morgan fingerprint density at radius 3 is 2.38 bits per heavy atom. The summed E-state index contributed by atoms with van der Waals surface area (Å²) < 4.78 is 22.1.